The standard InChI is InChI=1S/C6H8O6.C3H6N2O/c7-1-2(8)5-3(9)4(10)6(11)12-5;6-3-1-2-4-5-3/h2,5,7-10H,1H2;4H,1-2H2,(H,5,6)/t2-,5+;/m0./s1. The fraction of sp³-hybridized carbons (Fsp3) is 0.556. The van der Waals surface area contributed by atoms with Gasteiger partial charge in [0.1, 0.15) is 6.10 Å². The van der Waals surface area contributed by atoms with Crippen LogP contribution >= 0.6 is 0 Å². The molecule has 6 N–H and O–H groups in total. The van der Waals surface area contributed by atoms with Gasteiger partial charge in [0.15, 0.2) is 11.9 Å². The highest BCUT2D eigenvalue weighted by molar-refractivity contribution is 5.89. The second-order valence-electron chi connectivity index (χ2n) is 3.53. The van der Waals surface area contributed by atoms with Crippen LogP contribution in [0.2, 0.25) is 0 Å². The number of carbonyl (C=O) groups excluding carboxylic acids is 2. The molecule has 9 heteroatoms. The highest BCUT2D eigenvalue weighted by Crippen LogP contribution is 2.20. The number of cyclic esters (lactones) is 1. The number of aliphatic hydroxyl groups is 4. The van der Waals surface area contributed by atoms with Gasteiger partial charge in [0.2, 0.25) is 11.7 Å². The molecule has 0 saturated carbocycles. The summed E-state index contributed by atoms with van der Waals surface area (Å²) in [4.78, 5) is 20.6. The molecule has 0 spiro atoms. The lowest BCUT2D eigenvalue weighted by atomic mass is 10.2. The Bertz CT molecular complexity index is 360. The summed E-state index contributed by atoms with van der Waals surface area (Å²) in [6.07, 6.45) is -2.15. The van der Waals surface area contributed by atoms with Crippen LogP contribution in [0.5, 0.6) is 0 Å². The van der Waals surface area contributed by atoms with Crippen LogP contribution in [-0.4, -0.2) is 57.7 Å². The van der Waals surface area contributed by atoms with Gasteiger partial charge >= 0.3 is 5.97 Å². The van der Waals surface area contributed by atoms with Crippen LogP contribution < -0.4 is 10.9 Å². The summed E-state index contributed by atoms with van der Waals surface area (Å²) in [6.45, 7) is 0.105. The fourth-order valence-corrected chi connectivity index (χ4v) is 1.22. The van der Waals surface area contributed by atoms with Crippen molar-refractivity contribution in [3.8, 4) is 0 Å². The van der Waals surface area contributed by atoms with E-state index >= 15 is 0 Å². The van der Waals surface area contributed by atoms with Crippen LogP contribution in [0, 0.1) is 0 Å². The first-order chi connectivity index (χ1) is 8.47. The lowest BCUT2D eigenvalue weighted by molar-refractivity contribution is -0.147. The topological polar surface area (TPSA) is 148 Å². The van der Waals surface area contributed by atoms with Gasteiger partial charge in [-0.25, -0.2) is 10.2 Å². The third-order valence-electron chi connectivity index (χ3n) is 2.18. The number of carbonyl (C=O) groups is 2. The Kier molecular flexibility index (Phi) is 4.89. The van der Waals surface area contributed by atoms with Gasteiger partial charge in [-0.3, -0.25) is 10.2 Å². The molecular formula is C9H14N2O7. The minimum Gasteiger partial charge on any atom is -0.505 e. The number of hydrogen-bond donors (Lipinski definition) is 6. The minimum absolute atomic E-state index is 0.0926. The van der Waals surface area contributed by atoms with Crippen molar-refractivity contribution in [3.63, 3.8) is 0 Å². The zero-order chi connectivity index (χ0) is 13.7. The molecular weight excluding hydrogens is 248 g/mol. The third-order valence-corrected chi connectivity index (χ3v) is 2.18. The fourth-order valence-electron chi connectivity index (χ4n) is 1.22. The zero-order valence-corrected chi connectivity index (χ0v) is 9.29. The Morgan fingerprint density at radius 2 is 2.06 bits per heavy atom. The number of aliphatic hydroxyl groups excluding tert-OH is 4. The van der Waals surface area contributed by atoms with Crippen molar-refractivity contribution < 1.29 is 34.8 Å². The Balaban J connectivity index is 0.000000225. The molecule has 0 unspecified atom stereocenters. The van der Waals surface area contributed by atoms with Crippen molar-refractivity contribution in [3.05, 3.63) is 11.5 Å². The molecule has 2 rings (SSSR count). The predicted octanol–water partition coefficient (Wildman–Crippen LogP) is -2.40. The monoisotopic (exact) mass is 262 g/mol. The third kappa shape index (κ3) is 3.32. The summed E-state index contributed by atoms with van der Waals surface area (Å²) < 4.78 is 4.32. The van der Waals surface area contributed by atoms with Crippen LogP contribution in [0.15, 0.2) is 11.5 Å². The van der Waals surface area contributed by atoms with Crippen molar-refractivity contribution in [2.45, 2.75) is 18.6 Å². The van der Waals surface area contributed by atoms with E-state index in [2.05, 4.69) is 15.6 Å². The molecule has 9 nitrogen and oxygen atoms in total. The molecule has 2 atom stereocenters. The van der Waals surface area contributed by atoms with E-state index in [4.69, 9.17) is 20.4 Å². The van der Waals surface area contributed by atoms with Crippen LogP contribution in [-0.2, 0) is 14.3 Å². The molecule has 2 aliphatic rings. The van der Waals surface area contributed by atoms with Gasteiger partial charge in [0.25, 0.3) is 0 Å². The van der Waals surface area contributed by atoms with Crippen molar-refractivity contribution in [1.29, 1.82) is 0 Å². The molecule has 1 saturated heterocycles. The van der Waals surface area contributed by atoms with Gasteiger partial charge in [0.05, 0.1) is 6.61 Å². The number of rotatable bonds is 2. The minimum atomic E-state index is -1.42. The second-order valence-corrected chi connectivity index (χ2v) is 3.53. The molecule has 0 aromatic heterocycles. The summed E-state index contributed by atoms with van der Waals surface area (Å²) in [7, 11) is 0. The van der Waals surface area contributed by atoms with E-state index in [1.165, 1.54) is 0 Å². The smallest absolute Gasteiger partial charge is 0.377 e. The number of hydrazine groups is 1. The van der Waals surface area contributed by atoms with E-state index in [1.54, 1.807) is 0 Å². The summed E-state index contributed by atoms with van der Waals surface area (Å²) in [5.74, 6) is -2.69. The average Bonchev–Trinajstić information content (AvgIpc) is 2.92. The molecule has 0 aliphatic carbocycles. The van der Waals surface area contributed by atoms with Gasteiger partial charge in [-0.2, -0.15) is 0 Å². The second kappa shape index (κ2) is 6.19. The van der Waals surface area contributed by atoms with Gasteiger partial charge in [-0.1, -0.05) is 0 Å². The maximum absolute atomic E-state index is 10.5. The Morgan fingerprint density at radius 3 is 2.33 bits per heavy atom. The van der Waals surface area contributed by atoms with E-state index in [1.807, 2.05) is 0 Å². The quantitative estimate of drug-likeness (QED) is 0.302. The van der Waals surface area contributed by atoms with E-state index in [0.29, 0.717) is 6.42 Å². The highest BCUT2D eigenvalue weighted by Gasteiger charge is 2.38. The molecule has 0 aromatic rings. The maximum Gasteiger partial charge on any atom is 0.377 e. The van der Waals surface area contributed by atoms with Gasteiger partial charge in [-0.15, -0.1) is 0 Å². The summed E-state index contributed by atoms with van der Waals surface area (Å²) in [5.41, 5.74) is 5.10. The molecule has 1 fully saturated rings. The van der Waals surface area contributed by atoms with E-state index < -0.39 is 36.3 Å². The predicted molar refractivity (Wildman–Crippen MR) is 56.0 cm³/mol. The van der Waals surface area contributed by atoms with Crippen molar-refractivity contribution >= 4 is 11.9 Å². The molecule has 0 radical (unpaired) electrons. The van der Waals surface area contributed by atoms with Crippen molar-refractivity contribution in [2.24, 2.45) is 0 Å². The molecule has 1 amide bonds. The maximum atomic E-state index is 10.5. The average molecular weight is 262 g/mol. The first-order valence-electron chi connectivity index (χ1n) is 5.11. The van der Waals surface area contributed by atoms with Crippen LogP contribution in [0.1, 0.15) is 6.42 Å². The Labute approximate surface area is 102 Å². The van der Waals surface area contributed by atoms with Crippen LogP contribution in [0.3, 0.4) is 0 Å². The largest absolute Gasteiger partial charge is 0.505 e. The summed E-state index contributed by atoms with van der Waals surface area (Å²) in [6, 6.07) is 0. The zero-order valence-electron chi connectivity index (χ0n) is 9.29. The van der Waals surface area contributed by atoms with Gasteiger partial charge < -0.3 is 25.2 Å². The molecule has 18 heavy (non-hydrogen) atoms. The lowest BCUT2D eigenvalue weighted by Gasteiger charge is -2.13. The van der Waals surface area contributed by atoms with Crippen molar-refractivity contribution in [1.82, 2.24) is 10.9 Å². The van der Waals surface area contributed by atoms with Crippen LogP contribution in [0.25, 0.3) is 0 Å². The van der Waals surface area contributed by atoms with E-state index in [-0.39, 0.29) is 5.91 Å². The molecule has 102 valence electrons. The summed E-state index contributed by atoms with van der Waals surface area (Å²) in [5, 5.41) is 35.0. The van der Waals surface area contributed by atoms with E-state index in [0.717, 1.165) is 6.54 Å². The molecule has 2 aliphatic heterocycles. The highest BCUT2D eigenvalue weighted by atomic mass is 16.6. The number of amides is 1. The SMILES string of the molecule is O=C1CCNN1.O=C1O[C@H]([C@@H](O)CO)C(O)=C1O. The molecule has 0 bridgehead atoms. The van der Waals surface area contributed by atoms with Gasteiger partial charge in [0, 0.05) is 13.0 Å². The summed E-state index contributed by atoms with van der Waals surface area (Å²) >= 11 is 0. The Morgan fingerprint density at radius 1 is 1.39 bits per heavy atom. The molecule has 0 aromatic carbocycles. The number of esters is 1. The van der Waals surface area contributed by atoms with Crippen molar-refractivity contribution in [2.75, 3.05) is 13.2 Å². The van der Waals surface area contributed by atoms with Gasteiger partial charge in [-0.05, 0) is 0 Å². The van der Waals surface area contributed by atoms with E-state index in [9.17, 15) is 9.59 Å². The van der Waals surface area contributed by atoms with Crippen LogP contribution in [0.4, 0.5) is 0 Å². The number of hydrogen-bond acceptors (Lipinski definition) is 8. The number of nitrogens with one attached hydrogen (secondary N) is 2. The molecule has 2 heterocycles. The lowest BCUT2D eigenvalue weighted by Crippen LogP contribution is -2.31. The first kappa shape index (κ1) is 14.2. The first-order valence-corrected chi connectivity index (χ1v) is 5.11. The number of ether oxygens (including phenoxy) is 1. The normalized spacial score (nSPS) is 24.2. The Hall–Kier alpha value is -1.84.